The van der Waals surface area contributed by atoms with Crippen LogP contribution in [0, 0.1) is 5.92 Å². The Morgan fingerprint density at radius 2 is 1.95 bits per heavy atom. The zero-order valence-electron chi connectivity index (χ0n) is 13.2. The molecule has 1 fully saturated rings. The fraction of sp³-hybridized carbons (Fsp3) is 0.667. The predicted molar refractivity (Wildman–Crippen MR) is 88.2 cm³/mol. The van der Waals surface area contributed by atoms with Gasteiger partial charge in [-0.2, -0.15) is 0 Å². The molecule has 2 rings (SSSR count). The Labute approximate surface area is 128 Å². The van der Waals surface area contributed by atoms with Crippen molar-refractivity contribution in [1.29, 1.82) is 0 Å². The number of hydrogen-bond donors (Lipinski definition) is 3. The Balaban J connectivity index is 1.93. The van der Waals surface area contributed by atoms with E-state index in [1.165, 1.54) is 18.4 Å². The highest BCUT2D eigenvalue weighted by Crippen LogP contribution is 2.26. The van der Waals surface area contributed by atoms with Gasteiger partial charge in [0.1, 0.15) is 0 Å². The number of benzene rings is 1. The third kappa shape index (κ3) is 4.80. The van der Waals surface area contributed by atoms with Crippen LogP contribution in [0.15, 0.2) is 30.3 Å². The standard InChI is InChI=1S/C18H30N2O/c1-18(14-19,12-11-15-7-3-2-4-8-15)20-17-10-6-5-9-16(17)13-21/h2-4,7-8,16-17,20-21H,5-6,9-14,19H2,1H3. The summed E-state index contributed by atoms with van der Waals surface area (Å²) < 4.78 is 0. The van der Waals surface area contributed by atoms with Crippen molar-refractivity contribution in [3.8, 4) is 0 Å². The number of aryl methyl sites for hydroxylation is 1. The molecular weight excluding hydrogens is 260 g/mol. The van der Waals surface area contributed by atoms with Gasteiger partial charge in [0.25, 0.3) is 0 Å². The van der Waals surface area contributed by atoms with Gasteiger partial charge < -0.3 is 16.2 Å². The summed E-state index contributed by atoms with van der Waals surface area (Å²) in [4.78, 5) is 0. The van der Waals surface area contributed by atoms with E-state index in [0.717, 1.165) is 25.7 Å². The van der Waals surface area contributed by atoms with Crippen molar-refractivity contribution >= 4 is 0 Å². The fourth-order valence-corrected chi connectivity index (χ4v) is 3.36. The summed E-state index contributed by atoms with van der Waals surface area (Å²) in [6.07, 6.45) is 6.86. The highest BCUT2D eigenvalue weighted by Gasteiger charge is 2.31. The van der Waals surface area contributed by atoms with Crippen LogP contribution in [0.5, 0.6) is 0 Å². The van der Waals surface area contributed by atoms with Gasteiger partial charge in [-0.3, -0.25) is 0 Å². The third-order valence-corrected chi connectivity index (χ3v) is 4.94. The quantitative estimate of drug-likeness (QED) is 0.723. The Morgan fingerprint density at radius 1 is 1.24 bits per heavy atom. The Bertz CT molecular complexity index is 409. The molecule has 118 valence electrons. The van der Waals surface area contributed by atoms with E-state index in [9.17, 15) is 5.11 Å². The van der Waals surface area contributed by atoms with Gasteiger partial charge in [-0.05, 0) is 44.1 Å². The van der Waals surface area contributed by atoms with Gasteiger partial charge in [0.05, 0.1) is 0 Å². The normalized spacial score (nSPS) is 25.5. The molecule has 1 aliphatic rings. The largest absolute Gasteiger partial charge is 0.396 e. The minimum Gasteiger partial charge on any atom is -0.396 e. The zero-order valence-corrected chi connectivity index (χ0v) is 13.2. The van der Waals surface area contributed by atoms with Crippen molar-refractivity contribution in [2.24, 2.45) is 11.7 Å². The summed E-state index contributed by atoms with van der Waals surface area (Å²) in [6.45, 7) is 3.14. The summed E-state index contributed by atoms with van der Waals surface area (Å²) in [5.74, 6) is 0.390. The summed E-state index contributed by atoms with van der Waals surface area (Å²) in [7, 11) is 0. The molecule has 3 heteroatoms. The summed E-state index contributed by atoms with van der Waals surface area (Å²) >= 11 is 0. The average molecular weight is 290 g/mol. The zero-order chi connectivity index (χ0) is 15.1. The van der Waals surface area contributed by atoms with E-state index in [1.807, 2.05) is 0 Å². The summed E-state index contributed by atoms with van der Waals surface area (Å²) in [5.41, 5.74) is 7.36. The van der Waals surface area contributed by atoms with Crippen LogP contribution < -0.4 is 11.1 Å². The Kier molecular flexibility index (Phi) is 6.22. The molecule has 0 bridgehead atoms. The fourth-order valence-electron chi connectivity index (χ4n) is 3.36. The second-order valence-corrected chi connectivity index (χ2v) is 6.73. The number of aliphatic hydroxyl groups excluding tert-OH is 1. The van der Waals surface area contributed by atoms with E-state index in [1.54, 1.807) is 0 Å². The lowest BCUT2D eigenvalue weighted by Crippen LogP contribution is -2.56. The Hall–Kier alpha value is -0.900. The summed E-state index contributed by atoms with van der Waals surface area (Å²) in [6, 6.07) is 11.0. The lowest BCUT2D eigenvalue weighted by atomic mass is 9.82. The minimum atomic E-state index is -0.0503. The second kappa shape index (κ2) is 7.92. The van der Waals surface area contributed by atoms with Crippen molar-refractivity contribution in [3.05, 3.63) is 35.9 Å². The van der Waals surface area contributed by atoms with E-state index in [-0.39, 0.29) is 12.1 Å². The molecular formula is C18H30N2O. The highest BCUT2D eigenvalue weighted by molar-refractivity contribution is 5.15. The topological polar surface area (TPSA) is 58.3 Å². The number of rotatable bonds is 7. The van der Waals surface area contributed by atoms with Gasteiger partial charge in [0.2, 0.25) is 0 Å². The van der Waals surface area contributed by atoms with Crippen LogP contribution in [0.25, 0.3) is 0 Å². The molecule has 3 unspecified atom stereocenters. The maximum absolute atomic E-state index is 9.57. The van der Waals surface area contributed by atoms with Gasteiger partial charge in [-0.15, -0.1) is 0 Å². The molecule has 0 spiro atoms. The first kappa shape index (κ1) is 16.5. The van der Waals surface area contributed by atoms with E-state index in [4.69, 9.17) is 5.73 Å². The SMILES string of the molecule is CC(CN)(CCc1ccccc1)NC1CCCCC1CO. The maximum atomic E-state index is 9.57. The van der Waals surface area contributed by atoms with Crippen LogP contribution in [0.3, 0.4) is 0 Å². The molecule has 3 nitrogen and oxygen atoms in total. The van der Waals surface area contributed by atoms with Crippen LogP contribution >= 0.6 is 0 Å². The molecule has 1 saturated carbocycles. The van der Waals surface area contributed by atoms with E-state index in [2.05, 4.69) is 42.6 Å². The van der Waals surface area contributed by atoms with Gasteiger partial charge in [0.15, 0.2) is 0 Å². The van der Waals surface area contributed by atoms with Crippen LogP contribution in [0.2, 0.25) is 0 Å². The van der Waals surface area contributed by atoms with Gasteiger partial charge in [-0.1, -0.05) is 43.2 Å². The molecule has 0 heterocycles. The van der Waals surface area contributed by atoms with Crippen LogP contribution in [-0.2, 0) is 6.42 Å². The van der Waals surface area contributed by atoms with Crippen molar-refractivity contribution in [3.63, 3.8) is 0 Å². The molecule has 1 aromatic rings. The van der Waals surface area contributed by atoms with Crippen molar-refractivity contribution in [2.75, 3.05) is 13.2 Å². The lowest BCUT2D eigenvalue weighted by Gasteiger charge is -2.39. The molecule has 0 aliphatic heterocycles. The summed E-state index contributed by atoms with van der Waals surface area (Å²) in [5, 5.41) is 13.3. The molecule has 4 N–H and O–H groups in total. The molecule has 1 aromatic carbocycles. The molecule has 0 saturated heterocycles. The van der Waals surface area contributed by atoms with E-state index < -0.39 is 0 Å². The highest BCUT2D eigenvalue weighted by atomic mass is 16.3. The van der Waals surface area contributed by atoms with Gasteiger partial charge in [0, 0.05) is 24.7 Å². The van der Waals surface area contributed by atoms with Crippen molar-refractivity contribution < 1.29 is 5.11 Å². The first-order valence-corrected chi connectivity index (χ1v) is 8.29. The first-order valence-electron chi connectivity index (χ1n) is 8.29. The second-order valence-electron chi connectivity index (χ2n) is 6.73. The lowest BCUT2D eigenvalue weighted by molar-refractivity contribution is 0.129. The molecule has 0 amide bonds. The van der Waals surface area contributed by atoms with Crippen LogP contribution in [0.1, 0.15) is 44.6 Å². The molecule has 0 aromatic heterocycles. The number of hydrogen-bond acceptors (Lipinski definition) is 3. The van der Waals surface area contributed by atoms with Crippen molar-refractivity contribution in [2.45, 2.75) is 57.0 Å². The van der Waals surface area contributed by atoms with Crippen LogP contribution in [-0.4, -0.2) is 29.8 Å². The molecule has 1 aliphatic carbocycles. The monoisotopic (exact) mass is 290 g/mol. The molecule has 3 atom stereocenters. The number of nitrogens with two attached hydrogens (primary N) is 1. The molecule has 0 radical (unpaired) electrons. The third-order valence-electron chi connectivity index (χ3n) is 4.94. The number of aliphatic hydroxyl groups is 1. The van der Waals surface area contributed by atoms with Crippen molar-refractivity contribution in [1.82, 2.24) is 5.32 Å². The van der Waals surface area contributed by atoms with E-state index >= 15 is 0 Å². The smallest absolute Gasteiger partial charge is 0.0474 e. The number of nitrogens with one attached hydrogen (secondary N) is 1. The van der Waals surface area contributed by atoms with Gasteiger partial charge in [-0.25, -0.2) is 0 Å². The maximum Gasteiger partial charge on any atom is 0.0474 e. The predicted octanol–water partition coefficient (Wildman–Crippen LogP) is 2.48. The Morgan fingerprint density at radius 3 is 2.62 bits per heavy atom. The minimum absolute atomic E-state index is 0.0503. The van der Waals surface area contributed by atoms with Gasteiger partial charge >= 0.3 is 0 Å². The van der Waals surface area contributed by atoms with E-state index in [0.29, 0.717) is 18.5 Å². The molecule has 21 heavy (non-hydrogen) atoms. The van der Waals surface area contributed by atoms with Crippen LogP contribution in [0.4, 0.5) is 0 Å². The average Bonchev–Trinajstić information content (AvgIpc) is 2.54. The first-order chi connectivity index (χ1) is 10.2.